The molecule has 0 radical (unpaired) electrons. The van der Waals surface area contributed by atoms with Gasteiger partial charge in [-0.05, 0) is 51.2 Å². The zero-order valence-corrected chi connectivity index (χ0v) is 11.4. The number of rotatable bonds is 3. The van der Waals surface area contributed by atoms with Gasteiger partial charge in [0.05, 0.1) is 5.38 Å². The molecule has 0 aliphatic rings. The Morgan fingerprint density at radius 2 is 1.83 bits per heavy atom. The topological polar surface area (TPSA) is 0 Å². The van der Waals surface area contributed by atoms with Gasteiger partial charge < -0.3 is 0 Å². The fraction of sp³-hybridized carbons (Fsp3) is 0.125. The molecule has 3 aromatic rings. The van der Waals surface area contributed by atoms with Gasteiger partial charge in [-0.15, -0.1) is 11.6 Å². The van der Waals surface area contributed by atoms with E-state index < -0.39 is 0 Å². The summed E-state index contributed by atoms with van der Waals surface area (Å²) in [6, 6.07) is 17.0. The first kappa shape index (κ1) is 11.8. The summed E-state index contributed by atoms with van der Waals surface area (Å²) in [7, 11) is 0. The summed E-state index contributed by atoms with van der Waals surface area (Å²) in [5.74, 6) is 0. The Hall–Kier alpha value is -1.31. The fourth-order valence-corrected chi connectivity index (χ4v) is 3.13. The van der Waals surface area contributed by atoms with Gasteiger partial charge in [0.25, 0.3) is 0 Å². The maximum absolute atomic E-state index is 6.50. The molecule has 1 atom stereocenters. The average Bonchev–Trinajstić information content (AvgIpc) is 2.91. The van der Waals surface area contributed by atoms with Crippen LogP contribution in [0.2, 0.25) is 0 Å². The normalized spacial score (nSPS) is 12.7. The third-order valence-electron chi connectivity index (χ3n) is 3.13. The van der Waals surface area contributed by atoms with Crippen molar-refractivity contribution >= 4 is 33.7 Å². The third kappa shape index (κ3) is 2.43. The Kier molecular flexibility index (Phi) is 3.35. The van der Waals surface area contributed by atoms with E-state index in [2.05, 4.69) is 59.3 Å². The number of thiophene rings is 1. The molecule has 0 aliphatic carbocycles. The molecule has 90 valence electrons. The lowest BCUT2D eigenvalue weighted by Crippen LogP contribution is -1.94. The summed E-state index contributed by atoms with van der Waals surface area (Å²) in [6.45, 7) is 0. The van der Waals surface area contributed by atoms with Crippen LogP contribution in [0.4, 0.5) is 0 Å². The minimum atomic E-state index is 0.0456. The number of fused-ring (bicyclic) bond motifs is 1. The molecule has 1 heterocycles. The first-order chi connectivity index (χ1) is 8.83. The largest absolute Gasteiger partial charge is 0.152 e. The molecule has 0 bridgehead atoms. The minimum absolute atomic E-state index is 0.0456. The maximum Gasteiger partial charge on any atom is 0.0626 e. The maximum atomic E-state index is 6.50. The van der Waals surface area contributed by atoms with Crippen molar-refractivity contribution < 1.29 is 0 Å². The smallest absolute Gasteiger partial charge is 0.0626 e. The first-order valence-corrected chi connectivity index (χ1v) is 7.35. The van der Waals surface area contributed by atoms with Crippen molar-refractivity contribution in [2.24, 2.45) is 0 Å². The van der Waals surface area contributed by atoms with E-state index in [9.17, 15) is 0 Å². The fourth-order valence-electron chi connectivity index (χ4n) is 2.14. The van der Waals surface area contributed by atoms with Crippen molar-refractivity contribution in [2.75, 3.05) is 0 Å². The van der Waals surface area contributed by atoms with Gasteiger partial charge in [-0.1, -0.05) is 36.4 Å². The van der Waals surface area contributed by atoms with Gasteiger partial charge in [0, 0.05) is 0 Å². The molecule has 2 aromatic carbocycles. The summed E-state index contributed by atoms with van der Waals surface area (Å²) in [4.78, 5) is 0. The van der Waals surface area contributed by atoms with Crippen LogP contribution in [0.1, 0.15) is 16.5 Å². The van der Waals surface area contributed by atoms with E-state index in [1.54, 1.807) is 11.3 Å². The molecule has 0 amide bonds. The molecule has 0 N–H and O–H groups in total. The SMILES string of the molecule is ClC(Cc1ccsc1)c1ccc2ccccc2c1. The van der Waals surface area contributed by atoms with Gasteiger partial charge in [-0.25, -0.2) is 0 Å². The van der Waals surface area contributed by atoms with Crippen LogP contribution in [-0.4, -0.2) is 0 Å². The monoisotopic (exact) mass is 272 g/mol. The summed E-state index contributed by atoms with van der Waals surface area (Å²) in [5.41, 5.74) is 2.51. The molecular weight excluding hydrogens is 260 g/mol. The average molecular weight is 273 g/mol. The molecule has 0 saturated heterocycles. The molecule has 0 saturated carbocycles. The van der Waals surface area contributed by atoms with Gasteiger partial charge in [0.15, 0.2) is 0 Å². The zero-order chi connectivity index (χ0) is 12.4. The number of benzene rings is 2. The van der Waals surface area contributed by atoms with E-state index in [1.807, 2.05) is 0 Å². The van der Waals surface area contributed by atoms with Crippen molar-refractivity contribution in [3.05, 3.63) is 70.4 Å². The highest BCUT2D eigenvalue weighted by molar-refractivity contribution is 7.07. The summed E-state index contributed by atoms with van der Waals surface area (Å²) >= 11 is 8.22. The summed E-state index contributed by atoms with van der Waals surface area (Å²) in [5, 5.41) is 6.83. The zero-order valence-electron chi connectivity index (χ0n) is 9.84. The Morgan fingerprint density at radius 3 is 2.61 bits per heavy atom. The van der Waals surface area contributed by atoms with Crippen LogP contribution in [0.3, 0.4) is 0 Å². The Balaban J connectivity index is 1.89. The van der Waals surface area contributed by atoms with E-state index >= 15 is 0 Å². The second-order valence-corrected chi connectivity index (χ2v) is 5.72. The van der Waals surface area contributed by atoms with E-state index in [1.165, 1.54) is 21.9 Å². The first-order valence-electron chi connectivity index (χ1n) is 5.97. The molecule has 18 heavy (non-hydrogen) atoms. The third-order valence-corrected chi connectivity index (χ3v) is 4.27. The van der Waals surface area contributed by atoms with Crippen molar-refractivity contribution in [1.29, 1.82) is 0 Å². The summed E-state index contributed by atoms with van der Waals surface area (Å²) in [6.07, 6.45) is 0.892. The lowest BCUT2D eigenvalue weighted by Gasteiger charge is -2.10. The predicted molar refractivity (Wildman–Crippen MR) is 80.6 cm³/mol. The van der Waals surface area contributed by atoms with E-state index in [0.29, 0.717) is 0 Å². The van der Waals surface area contributed by atoms with Gasteiger partial charge in [0.2, 0.25) is 0 Å². The van der Waals surface area contributed by atoms with Crippen LogP contribution in [0, 0.1) is 0 Å². The number of alkyl halides is 1. The molecule has 0 spiro atoms. The highest BCUT2D eigenvalue weighted by Gasteiger charge is 2.09. The van der Waals surface area contributed by atoms with Crippen molar-refractivity contribution in [3.8, 4) is 0 Å². The molecule has 2 heteroatoms. The molecule has 0 nitrogen and oxygen atoms in total. The number of halogens is 1. The minimum Gasteiger partial charge on any atom is -0.152 e. The van der Waals surface area contributed by atoms with E-state index in [-0.39, 0.29) is 5.38 Å². The Bertz CT molecular complexity index is 643. The number of hydrogen-bond donors (Lipinski definition) is 0. The summed E-state index contributed by atoms with van der Waals surface area (Å²) < 4.78 is 0. The lowest BCUT2D eigenvalue weighted by molar-refractivity contribution is 0.927. The predicted octanol–water partition coefficient (Wildman–Crippen LogP) is 5.42. The quantitative estimate of drug-likeness (QED) is 0.558. The van der Waals surface area contributed by atoms with Crippen LogP contribution in [0.15, 0.2) is 59.3 Å². The van der Waals surface area contributed by atoms with E-state index in [0.717, 1.165) is 6.42 Å². The highest BCUT2D eigenvalue weighted by atomic mass is 35.5. The van der Waals surface area contributed by atoms with Gasteiger partial charge in [0.1, 0.15) is 0 Å². The second kappa shape index (κ2) is 5.13. The van der Waals surface area contributed by atoms with E-state index in [4.69, 9.17) is 11.6 Å². The molecule has 0 aliphatic heterocycles. The Labute approximate surface area is 116 Å². The number of hydrogen-bond acceptors (Lipinski definition) is 1. The van der Waals surface area contributed by atoms with Crippen LogP contribution in [0.25, 0.3) is 10.8 Å². The van der Waals surface area contributed by atoms with Gasteiger partial charge in [-0.2, -0.15) is 11.3 Å². The lowest BCUT2D eigenvalue weighted by atomic mass is 10.0. The standard InChI is InChI=1S/C16H13ClS/c17-16(9-12-7-8-18-11-12)15-6-5-13-3-1-2-4-14(13)10-15/h1-8,10-11,16H,9H2. The van der Waals surface area contributed by atoms with Crippen molar-refractivity contribution in [2.45, 2.75) is 11.8 Å². The van der Waals surface area contributed by atoms with Crippen molar-refractivity contribution in [1.82, 2.24) is 0 Å². The van der Waals surface area contributed by atoms with Crippen LogP contribution < -0.4 is 0 Å². The van der Waals surface area contributed by atoms with Crippen LogP contribution in [0.5, 0.6) is 0 Å². The highest BCUT2D eigenvalue weighted by Crippen LogP contribution is 2.28. The second-order valence-electron chi connectivity index (χ2n) is 4.41. The molecule has 3 rings (SSSR count). The van der Waals surface area contributed by atoms with Crippen LogP contribution in [-0.2, 0) is 6.42 Å². The van der Waals surface area contributed by atoms with Gasteiger partial charge in [-0.3, -0.25) is 0 Å². The Morgan fingerprint density at radius 1 is 1.00 bits per heavy atom. The molecular formula is C16H13ClS. The molecule has 1 unspecified atom stereocenters. The van der Waals surface area contributed by atoms with Crippen LogP contribution >= 0.6 is 22.9 Å². The molecule has 1 aromatic heterocycles. The van der Waals surface area contributed by atoms with Crippen molar-refractivity contribution in [3.63, 3.8) is 0 Å². The molecule has 0 fully saturated rings. The van der Waals surface area contributed by atoms with Gasteiger partial charge >= 0.3 is 0 Å².